The molecule has 0 aliphatic heterocycles. The summed E-state index contributed by atoms with van der Waals surface area (Å²) in [6, 6.07) is 5.95. The Bertz CT molecular complexity index is 1330. The Kier molecular flexibility index (Phi) is 10.8. The fourth-order valence-electron chi connectivity index (χ4n) is 4.66. The van der Waals surface area contributed by atoms with Crippen LogP contribution in [-0.4, -0.2) is 44.4 Å². The molecule has 2 aromatic heterocycles. The van der Waals surface area contributed by atoms with Crippen molar-refractivity contribution in [1.82, 2.24) is 25.6 Å². The minimum absolute atomic E-state index is 0.274. The molecular weight excluding hydrogens is 484 g/mol. The van der Waals surface area contributed by atoms with Crippen molar-refractivity contribution in [2.45, 2.75) is 58.8 Å². The number of nitrogens with zero attached hydrogens (tertiary/aromatic N) is 2. The Morgan fingerprint density at radius 3 is 2.82 bits per heavy atom. The van der Waals surface area contributed by atoms with Crippen molar-refractivity contribution in [3.8, 4) is 17.1 Å². The Labute approximate surface area is 222 Å². The van der Waals surface area contributed by atoms with Gasteiger partial charge in [-0.3, -0.25) is 19.9 Å². The van der Waals surface area contributed by atoms with Gasteiger partial charge in [0.1, 0.15) is 22.6 Å². The van der Waals surface area contributed by atoms with Crippen molar-refractivity contribution >= 4 is 16.9 Å². The van der Waals surface area contributed by atoms with Gasteiger partial charge in [0.05, 0.1) is 17.9 Å². The van der Waals surface area contributed by atoms with Gasteiger partial charge < -0.3 is 15.5 Å². The zero-order valence-corrected chi connectivity index (χ0v) is 22.2. The molecule has 10 nitrogen and oxygen atoms in total. The van der Waals surface area contributed by atoms with Crippen LogP contribution in [0.15, 0.2) is 47.3 Å². The molecule has 0 radical (unpaired) electrons. The quantitative estimate of drug-likeness (QED) is 0.0874. The first-order valence-electron chi connectivity index (χ1n) is 13.1. The number of fused-ring (bicyclic) bond motifs is 1. The van der Waals surface area contributed by atoms with Crippen LogP contribution in [0.2, 0.25) is 0 Å². The van der Waals surface area contributed by atoms with Gasteiger partial charge in [0.2, 0.25) is 0 Å². The third kappa shape index (κ3) is 7.17. The maximum atomic E-state index is 12.8. The number of allylic oxidation sites excluding steroid dienone is 2. The monoisotopic (exact) mass is 522 g/mol. The van der Waals surface area contributed by atoms with E-state index in [1.165, 1.54) is 6.08 Å². The summed E-state index contributed by atoms with van der Waals surface area (Å²) in [5.74, 6) is 0.849. The van der Waals surface area contributed by atoms with Gasteiger partial charge >= 0.3 is 0 Å². The summed E-state index contributed by atoms with van der Waals surface area (Å²) in [4.78, 5) is 32.3. The van der Waals surface area contributed by atoms with Crippen LogP contribution in [0.25, 0.3) is 22.4 Å². The van der Waals surface area contributed by atoms with Crippen LogP contribution in [0.1, 0.15) is 57.2 Å². The van der Waals surface area contributed by atoms with Crippen LogP contribution in [0.4, 0.5) is 0 Å². The average Bonchev–Trinajstić information content (AvgIpc) is 3.32. The molecule has 0 saturated carbocycles. The molecule has 1 unspecified atom stereocenters. The molecule has 204 valence electrons. The number of amides is 1. The van der Waals surface area contributed by atoms with Crippen molar-refractivity contribution in [3.63, 3.8) is 0 Å². The lowest BCUT2D eigenvalue weighted by Crippen LogP contribution is -2.21. The highest BCUT2D eigenvalue weighted by Crippen LogP contribution is 2.31. The number of rotatable bonds is 15. The molecule has 0 aliphatic carbocycles. The second-order valence-electron chi connectivity index (χ2n) is 9.23. The molecule has 3 rings (SSSR count). The standard InChI is InChI=1S/C28H38N6O4/c1-4-8-20(27(35)34-37)11-7-10-18(14-15-29)16-19-12-13-23(38-6-3)21(17-19)26-30-24-22(9-5-2)32-33-25(24)28(36)31-26/h4,8,12-13,17-18,37H,1,5-7,9-11,14-16,29H2,2-3H3,(H,32,33)(H,34,35)(H,30,31,36)/b20-8+. The van der Waals surface area contributed by atoms with Gasteiger partial charge in [-0.25, -0.2) is 10.5 Å². The van der Waals surface area contributed by atoms with Gasteiger partial charge in [-0.15, -0.1) is 0 Å². The maximum absolute atomic E-state index is 12.8. The predicted molar refractivity (Wildman–Crippen MR) is 148 cm³/mol. The van der Waals surface area contributed by atoms with E-state index < -0.39 is 5.91 Å². The number of carbonyl (C=O) groups is 1. The van der Waals surface area contributed by atoms with Crippen molar-refractivity contribution in [1.29, 1.82) is 0 Å². The van der Waals surface area contributed by atoms with E-state index in [0.717, 1.165) is 49.8 Å². The van der Waals surface area contributed by atoms with Gasteiger partial charge in [0, 0.05) is 5.57 Å². The van der Waals surface area contributed by atoms with Crippen LogP contribution in [0, 0.1) is 5.92 Å². The summed E-state index contributed by atoms with van der Waals surface area (Å²) in [5.41, 5.74) is 11.3. The number of aromatic amines is 2. The Morgan fingerprint density at radius 2 is 2.13 bits per heavy atom. The molecule has 0 spiro atoms. The van der Waals surface area contributed by atoms with Gasteiger partial charge in [-0.2, -0.15) is 5.10 Å². The molecule has 10 heteroatoms. The highest BCUT2D eigenvalue weighted by molar-refractivity contribution is 5.92. The van der Waals surface area contributed by atoms with Crippen LogP contribution in [0.3, 0.4) is 0 Å². The molecule has 2 heterocycles. The highest BCUT2D eigenvalue weighted by Gasteiger charge is 2.18. The van der Waals surface area contributed by atoms with Gasteiger partial charge in [0.15, 0.2) is 0 Å². The molecule has 1 amide bonds. The van der Waals surface area contributed by atoms with Gasteiger partial charge in [0.25, 0.3) is 11.5 Å². The second kappa shape index (κ2) is 14.3. The zero-order chi connectivity index (χ0) is 27.5. The number of aryl methyl sites for hydroxylation is 1. The van der Waals surface area contributed by atoms with Gasteiger partial charge in [-0.05, 0) is 75.6 Å². The number of hydrogen-bond donors (Lipinski definition) is 5. The van der Waals surface area contributed by atoms with Crippen molar-refractivity contribution in [3.05, 3.63) is 64.1 Å². The number of nitrogens with two attached hydrogens (primary N) is 1. The number of H-pyrrole nitrogens is 2. The fraction of sp³-hybridized carbons (Fsp3) is 0.429. The summed E-state index contributed by atoms with van der Waals surface area (Å²) < 4.78 is 5.88. The van der Waals surface area contributed by atoms with E-state index in [1.54, 1.807) is 11.6 Å². The third-order valence-corrected chi connectivity index (χ3v) is 6.45. The number of ether oxygens (including phenoxy) is 1. The average molecular weight is 523 g/mol. The first-order chi connectivity index (χ1) is 18.4. The molecule has 1 atom stereocenters. The zero-order valence-electron chi connectivity index (χ0n) is 22.2. The van der Waals surface area contributed by atoms with E-state index in [2.05, 4.69) is 28.7 Å². The summed E-state index contributed by atoms with van der Waals surface area (Å²) in [6.45, 7) is 8.63. The molecule has 38 heavy (non-hydrogen) atoms. The van der Waals surface area contributed by atoms with E-state index in [1.807, 2.05) is 25.1 Å². The van der Waals surface area contributed by atoms with Crippen molar-refractivity contribution in [2.24, 2.45) is 11.7 Å². The highest BCUT2D eigenvalue weighted by atomic mass is 16.5. The molecular formula is C28H38N6O4. The Balaban J connectivity index is 1.88. The molecule has 0 aliphatic rings. The number of hydroxylamine groups is 1. The number of benzene rings is 1. The van der Waals surface area contributed by atoms with Crippen molar-refractivity contribution < 1.29 is 14.7 Å². The number of carbonyl (C=O) groups excluding carboxylic acids is 1. The molecule has 0 bridgehead atoms. The lowest BCUT2D eigenvalue weighted by Gasteiger charge is -2.18. The molecule has 0 saturated heterocycles. The third-order valence-electron chi connectivity index (χ3n) is 6.45. The number of hydrogen-bond acceptors (Lipinski definition) is 7. The summed E-state index contributed by atoms with van der Waals surface area (Å²) in [5, 5.41) is 16.1. The van der Waals surface area contributed by atoms with E-state index >= 15 is 0 Å². The largest absolute Gasteiger partial charge is 0.493 e. The van der Waals surface area contributed by atoms with Crippen LogP contribution < -0.4 is 21.5 Å². The fourth-order valence-corrected chi connectivity index (χ4v) is 4.66. The van der Waals surface area contributed by atoms with E-state index in [9.17, 15) is 9.59 Å². The minimum Gasteiger partial charge on any atom is -0.493 e. The maximum Gasteiger partial charge on any atom is 0.277 e. The van der Waals surface area contributed by atoms with Crippen molar-refractivity contribution in [2.75, 3.05) is 13.2 Å². The normalized spacial score (nSPS) is 12.5. The molecule has 3 aromatic rings. The minimum atomic E-state index is -0.519. The molecule has 6 N–H and O–H groups in total. The second-order valence-corrected chi connectivity index (χ2v) is 9.23. The summed E-state index contributed by atoms with van der Waals surface area (Å²) in [6.07, 6.45) is 8.47. The molecule has 0 fully saturated rings. The first-order valence-corrected chi connectivity index (χ1v) is 13.1. The summed E-state index contributed by atoms with van der Waals surface area (Å²) in [7, 11) is 0. The predicted octanol–water partition coefficient (Wildman–Crippen LogP) is 3.96. The topological polar surface area (TPSA) is 159 Å². The van der Waals surface area contributed by atoms with Crippen LogP contribution in [-0.2, 0) is 17.6 Å². The van der Waals surface area contributed by atoms with E-state index in [4.69, 9.17) is 20.7 Å². The number of nitrogens with one attached hydrogen (secondary N) is 3. The Hall–Kier alpha value is -3.76. The Morgan fingerprint density at radius 1 is 1.32 bits per heavy atom. The van der Waals surface area contributed by atoms with E-state index in [0.29, 0.717) is 53.3 Å². The van der Waals surface area contributed by atoms with Crippen LogP contribution >= 0.6 is 0 Å². The number of aromatic nitrogens is 4. The molecule has 1 aromatic carbocycles. The summed E-state index contributed by atoms with van der Waals surface area (Å²) >= 11 is 0. The lowest BCUT2D eigenvalue weighted by atomic mass is 9.89. The first kappa shape index (κ1) is 28.8. The van der Waals surface area contributed by atoms with Crippen LogP contribution in [0.5, 0.6) is 5.75 Å². The lowest BCUT2D eigenvalue weighted by molar-refractivity contribution is -0.125. The van der Waals surface area contributed by atoms with E-state index in [-0.39, 0.29) is 11.5 Å². The SMILES string of the molecule is C=C/C=C(\CCCC(CCN)Cc1ccc(OCC)c(-c2nc3c(CCC)n[nH]c3c(=O)[nH]2)c1)C(=O)NO. The van der Waals surface area contributed by atoms with Gasteiger partial charge in [-0.1, -0.05) is 38.1 Å². The smallest absolute Gasteiger partial charge is 0.277 e.